The maximum absolute atomic E-state index is 5.96. The van der Waals surface area contributed by atoms with Crippen LogP contribution in [0.15, 0.2) is 0 Å². The van der Waals surface area contributed by atoms with Crippen LogP contribution in [0.25, 0.3) is 0 Å². The second kappa shape index (κ2) is 6.91. The zero-order chi connectivity index (χ0) is 13.8. The molecule has 3 N–H and O–H groups in total. The zero-order valence-corrected chi connectivity index (χ0v) is 13.1. The first kappa shape index (κ1) is 16.0. The SMILES string of the molecule is CCC(C)NC(CN)C1CCC(C(C)(C)C)CC1. The molecule has 0 bridgehead atoms. The highest BCUT2D eigenvalue weighted by atomic mass is 15.0. The number of hydrogen-bond acceptors (Lipinski definition) is 2. The van der Waals surface area contributed by atoms with Gasteiger partial charge < -0.3 is 11.1 Å². The van der Waals surface area contributed by atoms with Crippen LogP contribution in [0.2, 0.25) is 0 Å². The molecular weight excluding hydrogens is 220 g/mol. The normalized spacial score (nSPS) is 29.0. The average Bonchev–Trinajstić information content (AvgIpc) is 2.34. The molecule has 1 saturated carbocycles. The molecule has 0 saturated heterocycles. The fraction of sp³-hybridized carbons (Fsp3) is 1.00. The molecule has 0 aromatic rings. The maximum Gasteiger partial charge on any atom is 0.0220 e. The summed E-state index contributed by atoms with van der Waals surface area (Å²) < 4.78 is 0. The van der Waals surface area contributed by atoms with E-state index in [0.29, 0.717) is 17.5 Å². The smallest absolute Gasteiger partial charge is 0.0220 e. The van der Waals surface area contributed by atoms with E-state index in [0.717, 1.165) is 18.4 Å². The summed E-state index contributed by atoms with van der Waals surface area (Å²) in [7, 11) is 0. The summed E-state index contributed by atoms with van der Waals surface area (Å²) in [4.78, 5) is 0. The average molecular weight is 254 g/mol. The Morgan fingerprint density at radius 1 is 1.17 bits per heavy atom. The summed E-state index contributed by atoms with van der Waals surface area (Å²) in [6.07, 6.45) is 6.66. The summed E-state index contributed by atoms with van der Waals surface area (Å²) in [5.74, 6) is 1.69. The van der Waals surface area contributed by atoms with Crippen molar-refractivity contribution in [3.8, 4) is 0 Å². The lowest BCUT2D eigenvalue weighted by atomic mass is 9.68. The van der Waals surface area contributed by atoms with Gasteiger partial charge in [0.15, 0.2) is 0 Å². The summed E-state index contributed by atoms with van der Waals surface area (Å²) >= 11 is 0. The minimum absolute atomic E-state index is 0.479. The summed E-state index contributed by atoms with van der Waals surface area (Å²) in [6.45, 7) is 12.4. The Morgan fingerprint density at radius 2 is 1.72 bits per heavy atom. The van der Waals surface area contributed by atoms with Crippen molar-refractivity contribution in [1.29, 1.82) is 0 Å². The van der Waals surface area contributed by atoms with E-state index >= 15 is 0 Å². The van der Waals surface area contributed by atoms with Gasteiger partial charge in [-0.1, -0.05) is 27.7 Å². The van der Waals surface area contributed by atoms with E-state index in [4.69, 9.17) is 5.73 Å². The van der Waals surface area contributed by atoms with Crippen molar-refractivity contribution in [2.75, 3.05) is 6.54 Å². The van der Waals surface area contributed by atoms with Gasteiger partial charge in [-0.3, -0.25) is 0 Å². The topological polar surface area (TPSA) is 38.0 Å². The van der Waals surface area contributed by atoms with E-state index in [2.05, 4.69) is 39.9 Å². The monoisotopic (exact) mass is 254 g/mol. The van der Waals surface area contributed by atoms with Gasteiger partial charge in [0.2, 0.25) is 0 Å². The number of rotatable bonds is 5. The predicted molar refractivity (Wildman–Crippen MR) is 80.6 cm³/mol. The predicted octanol–water partition coefficient (Wildman–Crippen LogP) is 3.55. The first-order chi connectivity index (χ1) is 8.38. The molecule has 2 atom stereocenters. The van der Waals surface area contributed by atoms with Gasteiger partial charge in [0.25, 0.3) is 0 Å². The molecular formula is C16H34N2. The Bertz CT molecular complexity index is 224. The van der Waals surface area contributed by atoms with E-state index in [-0.39, 0.29) is 0 Å². The second-order valence-electron chi connectivity index (χ2n) is 7.30. The van der Waals surface area contributed by atoms with E-state index in [1.54, 1.807) is 0 Å². The molecule has 1 fully saturated rings. The van der Waals surface area contributed by atoms with Crippen LogP contribution >= 0.6 is 0 Å². The third kappa shape index (κ3) is 4.55. The lowest BCUT2D eigenvalue weighted by Crippen LogP contribution is -2.47. The van der Waals surface area contributed by atoms with Gasteiger partial charge in [-0.15, -0.1) is 0 Å². The van der Waals surface area contributed by atoms with Crippen molar-refractivity contribution in [2.24, 2.45) is 23.0 Å². The van der Waals surface area contributed by atoms with Gasteiger partial charge in [-0.05, 0) is 56.3 Å². The van der Waals surface area contributed by atoms with Crippen molar-refractivity contribution < 1.29 is 0 Å². The molecule has 0 heterocycles. The summed E-state index contributed by atoms with van der Waals surface area (Å²) in [5.41, 5.74) is 6.44. The maximum atomic E-state index is 5.96. The minimum Gasteiger partial charge on any atom is -0.329 e. The summed E-state index contributed by atoms with van der Waals surface area (Å²) in [6, 6.07) is 1.12. The van der Waals surface area contributed by atoms with Crippen molar-refractivity contribution in [3.05, 3.63) is 0 Å². The van der Waals surface area contributed by atoms with Crippen LogP contribution in [0.3, 0.4) is 0 Å². The Hall–Kier alpha value is -0.0800. The summed E-state index contributed by atoms with van der Waals surface area (Å²) in [5, 5.41) is 3.71. The van der Waals surface area contributed by atoms with E-state index in [1.165, 1.54) is 32.1 Å². The zero-order valence-electron chi connectivity index (χ0n) is 13.1. The Kier molecular flexibility index (Phi) is 6.13. The Labute approximate surface area is 114 Å². The van der Waals surface area contributed by atoms with E-state index < -0.39 is 0 Å². The van der Waals surface area contributed by atoms with Crippen molar-refractivity contribution >= 4 is 0 Å². The van der Waals surface area contributed by atoms with Crippen LogP contribution in [0, 0.1) is 17.3 Å². The standard InChI is InChI=1S/C16H34N2/c1-6-12(2)18-15(11-17)13-7-9-14(10-8-13)16(3,4)5/h12-15,18H,6-11,17H2,1-5H3. The molecule has 1 aliphatic carbocycles. The molecule has 0 spiro atoms. The third-order valence-corrected chi connectivity index (χ3v) is 4.93. The van der Waals surface area contributed by atoms with Crippen LogP contribution in [-0.4, -0.2) is 18.6 Å². The van der Waals surface area contributed by atoms with Crippen molar-refractivity contribution in [3.63, 3.8) is 0 Å². The second-order valence-corrected chi connectivity index (χ2v) is 7.30. The van der Waals surface area contributed by atoms with Gasteiger partial charge in [-0.2, -0.15) is 0 Å². The van der Waals surface area contributed by atoms with Crippen molar-refractivity contribution in [1.82, 2.24) is 5.32 Å². The molecule has 2 nitrogen and oxygen atoms in total. The Balaban J connectivity index is 2.45. The molecule has 18 heavy (non-hydrogen) atoms. The molecule has 0 aliphatic heterocycles. The molecule has 0 aromatic heterocycles. The van der Waals surface area contributed by atoms with Crippen LogP contribution in [0.1, 0.15) is 66.7 Å². The number of nitrogens with two attached hydrogens (primary N) is 1. The van der Waals surface area contributed by atoms with Gasteiger partial charge in [-0.25, -0.2) is 0 Å². The van der Waals surface area contributed by atoms with Gasteiger partial charge in [0, 0.05) is 18.6 Å². The largest absolute Gasteiger partial charge is 0.329 e. The molecule has 0 aromatic carbocycles. The lowest BCUT2D eigenvalue weighted by molar-refractivity contribution is 0.131. The van der Waals surface area contributed by atoms with Gasteiger partial charge in [0.05, 0.1) is 0 Å². The fourth-order valence-corrected chi connectivity index (χ4v) is 3.27. The minimum atomic E-state index is 0.479. The first-order valence-corrected chi connectivity index (χ1v) is 7.84. The van der Waals surface area contributed by atoms with E-state index in [1.807, 2.05) is 0 Å². The van der Waals surface area contributed by atoms with Gasteiger partial charge in [0.1, 0.15) is 0 Å². The molecule has 0 amide bonds. The van der Waals surface area contributed by atoms with Crippen LogP contribution < -0.4 is 11.1 Å². The number of nitrogens with one attached hydrogen (secondary N) is 1. The van der Waals surface area contributed by atoms with E-state index in [9.17, 15) is 0 Å². The van der Waals surface area contributed by atoms with Crippen LogP contribution in [0.5, 0.6) is 0 Å². The molecule has 1 aliphatic rings. The first-order valence-electron chi connectivity index (χ1n) is 7.84. The Morgan fingerprint density at radius 3 is 2.11 bits per heavy atom. The molecule has 2 unspecified atom stereocenters. The highest BCUT2D eigenvalue weighted by molar-refractivity contribution is 4.87. The molecule has 2 heteroatoms. The lowest BCUT2D eigenvalue weighted by Gasteiger charge is -2.40. The molecule has 1 rings (SSSR count). The fourth-order valence-electron chi connectivity index (χ4n) is 3.27. The highest BCUT2D eigenvalue weighted by Gasteiger charge is 2.32. The van der Waals surface area contributed by atoms with Crippen molar-refractivity contribution in [2.45, 2.75) is 78.8 Å². The quantitative estimate of drug-likeness (QED) is 0.787. The van der Waals surface area contributed by atoms with Crippen LogP contribution in [0.4, 0.5) is 0 Å². The van der Waals surface area contributed by atoms with Crippen LogP contribution in [-0.2, 0) is 0 Å². The highest BCUT2D eigenvalue weighted by Crippen LogP contribution is 2.40. The molecule has 0 radical (unpaired) electrons. The number of hydrogen-bond donors (Lipinski definition) is 2. The molecule has 108 valence electrons. The third-order valence-electron chi connectivity index (χ3n) is 4.93. The van der Waals surface area contributed by atoms with Gasteiger partial charge >= 0.3 is 0 Å².